The Morgan fingerprint density at radius 1 is 1.18 bits per heavy atom. The lowest BCUT2D eigenvalue weighted by Crippen LogP contribution is -2.62. The van der Waals surface area contributed by atoms with Crippen LogP contribution >= 0.6 is 0 Å². The highest BCUT2D eigenvalue weighted by Crippen LogP contribution is 2.30. The SMILES string of the molecule is COC1OC1[C@@H]1CCCN(C(=O)[C@H](Cc2cccc(O)c2)NC(=O)[C@@H](NC(=O)CN2C(=O)C=CC2=O)C(C)C)N1. The van der Waals surface area contributed by atoms with Crippen molar-refractivity contribution in [2.24, 2.45) is 5.92 Å². The van der Waals surface area contributed by atoms with Crippen molar-refractivity contribution in [3.63, 3.8) is 0 Å². The molecule has 40 heavy (non-hydrogen) atoms. The van der Waals surface area contributed by atoms with Crippen molar-refractivity contribution in [2.75, 3.05) is 20.2 Å². The van der Waals surface area contributed by atoms with Gasteiger partial charge in [-0.1, -0.05) is 26.0 Å². The molecule has 2 fully saturated rings. The fraction of sp³-hybridized carbons (Fsp3) is 0.519. The maximum Gasteiger partial charge on any atom is 0.259 e. The van der Waals surface area contributed by atoms with Crippen LogP contribution < -0.4 is 16.1 Å². The molecule has 3 aliphatic heterocycles. The summed E-state index contributed by atoms with van der Waals surface area (Å²) in [5, 5.41) is 16.8. The number of benzene rings is 1. The largest absolute Gasteiger partial charge is 0.508 e. The second-order valence-corrected chi connectivity index (χ2v) is 10.4. The van der Waals surface area contributed by atoms with E-state index >= 15 is 0 Å². The number of hydrogen-bond donors (Lipinski definition) is 4. The summed E-state index contributed by atoms with van der Waals surface area (Å²) in [5.41, 5.74) is 3.82. The number of epoxide rings is 1. The third kappa shape index (κ3) is 7.03. The van der Waals surface area contributed by atoms with E-state index in [4.69, 9.17) is 9.47 Å². The number of hydrogen-bond acceptors (Lipinski definition) is 9. The van der Waals surface area contributed by atoms with Gasteiger partial charge in [0.15, 0.2) is 6.29 Å². The molecule has 5 atom stereocenters. The van der Waals surface area contributed by atoms with E-state index in [1.807, 2.05) is 0 Å². The number of rotatable bonds is 11. The molecule has 4 rings (SSSR count). The number of phenolic OH excluding ortho intramolecular Hbond substituents is 1. The molecule has 5 amide bonds. The number of methoxy groups -OCH3 is 1. The molecule has 0 spiro atoms. The second-order valence-electron chi connectivity index (χ2n) is 10.4. The summed E-state index contributed by atoms with van der Waals surface area (Å²) in [6, 6.07) is 4.20. The number of nitrogens with zero attached hydrogens (tertiary/aromatic N) is 2. The fourth-order valence-corrected chi connectivity index (χ4v) is 4.85. The van der Waals surface area contributed by atoms with Crippen molar-refractivity contribution in [3.8, 4) is 5.75 Å². The van der Waals surface area contributed by atoms with Gasteiger partial charge in [-0.15, -0.1) is 0 Å². The van der Waals surface area contributed by atoms with Crippen LogP contribution in [0.4, 0.5) is 0 Å². The number of carbonyl (C=O) groups excluding carboxylic acids is 5. The van der Waals surface area contributed by atoms with Gasteiger partial charge in [-0.25, -0.2) is 5.43 Å². The number of amides is 5. The topological polar surface area (TPSA) is 170 Å². The van der Waals surface area contributed by atoms with E-state index in [9.17, 15) is 29.1 Å². The summed E-state index contributed by atoms with van der Waals surface area (Å²) in [6.07, 6.45) is 3.24. The van der Waals surface area contributed by atoms with E-state index in [0.717, 1.165) is 29.9 Å². The molecule has 0 radical (unpaired) electrons. The average molecular weight is 558 g/mol. The Bertz CT molecular complexity index is 1170. The molecule has 3 heterocycles. The highest BCUT2D eigenvalue weighted by molar-refractivity contribution is 6.14. The lowest BCUT2D eigenvalue weighted by Gasteiger charge is -2.36. The van der Waals surface area contributed by atoms with Gasteiger partial charge in [-0.05, 0) is 36.5 Å². The van der Waals surface area contributed by atoms with E-state index in [1.54, 1.807) is 33.1 Å². The smallest absolute Gasteiger partial charge is 0.259 e. The predicted octanol–water partition coefficient (Wildman–Crippen LogP) is -0.648. The zero-order valence-electron chi connectivity index (χ0n) is 22.7. The third-order valence-corrected chi connectivity index (χ3v) is 7.03. The zero-order valence-corrected chi connectivity index (χ0v) is 22.7. The number of aromatic hydroxyl groups is 1. The monoisotopic (exact) mass is 557 g/mol. The van der Waals surface area contributed by atoms with Crippen LogP contribution in [0.1, 0.15) is 32.3 Å². The Morgan fingerprint density at radius 3 is 2.52 bits per heavy atom. The van der Waals surface area contributed by atoms with Gasteiger partial charge in [0.05, 0.1) is 6.04 Å². The van der Waals surface area contributed by atoms with Crippen LogP contribution in [0, 0.1) is 5.92 Å². The molecule has 2 saturated heterocycles. The summed E-state index contributed by atoms with van der Waals surface area (Å²) >= 11 is 0. The van der Waals surface area contributed by atoms with E-state index in [2.05, 4.69) is 16.1 Å². The Balaban J connectivity index is 1.46. The Hall–Kier alpha value is -3.81. The van der Waals surface area contributed by atoms with Crippen LogP contribution in [0.25, 0.3) is 0 Å². The van der Waals surface area contributed by atoms with E-state index < -0.39 is 42.3 Å². The standard InChI is InChI=1S/C27H35N5O8/c1-15(2)23(29-20(34)14-31-21(35)9-10-22(31)36)25(37)28-19(13-16-6-4-7-17(33)12-16)26(38)32-11-5-8-18(30-32)24-27(39-3)40-24/h4,6-7,9-10,12,15,18-19,23-24,27,30,33H,5,8,11,13-14H2,1-3H3,(H,28,37)(H,29,34)/t18-,19-,23-,24?,27?/m0/s1. The Morgan fingerprint density at radius 2 is 1.90 bits per heavy atom. The van der Waals surface area contributed by atoms with Crippen LogP contribution in [-0.4, -0.2) is 95.3 Å². The minimum Gasteiger partial charge on any atom is -0.508 e. The summed E-state index contributed by atoms with van der Waals surface area (Å²) < 4.78 is 10.7. The number of nitrogens with one attached hydrogen (secondary N) is 3. The highest BCUT2D eigenvalue weighted by Gasteiger charge is 2.47. The molecular formula is C27H35N5O8. The third-order valence-electron chi connectivity index (χ3n) is 7.03. The van der Waals surface area contributed by atoms with Crippen molar-refractivity contribution in [1.29, 1.82) is 0 Å². The molecule has 3 aliphatic rings. The number of imide groups is 1. The van der Waals surface area contributed by atoms with Crippen LogP contribution in [0.15, 0.2) is 36.4 Å². The first-order valence-corrected chi connectivity index (χ1v) is 13.2. The number of phenols is 1. The molecule has 0 aromatic heterocycles. The number of hydrazine groups is 1. The Kier molecular flexibility index (Phi) is 9.17. The molecule has 0 saturated carbocycles. The summed E-state index contributed by atoms with van der Waals surface area (Å²) in [5.74, 6) is -3.24. The van der Waals surface area contributed by atoms with Crippen LogP contribution in [0.5, 0.6) is 5.75 Å². The second kappa shape index (κ2) is 12.6. The van der Waals surface area contributed by atoms with Gasteiger partial charge in [-0.3, -0.25) is 33.9 Å². The number of ether oxygens (including phenoxy) is 2. The minimum absolute atomic E-state index is 0.0236. The maximum atomic E-state index is 13.7. The molecule has 216 valence electrons. The van der Waals surface area contributed by atoms with E-state index in [-0.39, 0.29) is 42.4 Å². The molecule has 0 bridgehead atoms. The van der Waals surface area contributed by atoms with Crippen molar-refractivity contribution >= 4 is 29.5 Å². The predicted molar refractivity (Wildman–Crippen MR) is 140 cm³/mol. The van der Waals surface area contributed by atoms with Crippen LogP contribution in [0.3, 0.4) is 0 Å². The summed E-state index contributed by atoms with van der Waals surface area (Å²) in [4.78, 5) is 64.2. The number of carbonyl (C=O) groups is 5. The maximum absolute atomic E-state index is 13.7. The molecule has 13 heteroatoms. The molecule has 0 aliphatic carbocycles. The molecule has 1 aromatic rings. The molecule has 1 aromatic carbocycles. The first kappa shape index (κ1) is 29.2. The lowest BCUT2D eigenvalue weighted by atomic mass is 10.00. The fourth-order valence-electron chi connectivity index (χ4n) is 4.85. The van der Waals surface area contributed by atoms with Crippen molar-refractivity contribution in [1.82, 2.24) is 26.0 Å². The molecular weight excluding hydrogens is 522 g/mol. The van der Waals surface area contributed by atoms with Gasteiger partial charge >= 0.3 is 0 Å². The van der Waals surface area contributed by atoms with Crippen molar-refractivity contribution in [2.45, 2.75) is 63.6 Å². The quantitative estimate of drug-likeness (QED) is 0.204. The van der Waals surface area contributed by atoms with Crippen molar-refractivity contribution in [3.05, 3.63) is 42.0 Å². The first-order valence-electron chi connectivity index (χ1n) is 13.2. The van der Waals surface area contributed by atoms with Crippen molar-refractivity contribution < 1.29 is 38.6 Å². The lowest BCUT2D eigenvalue weighted by molar-refractivity contribution is -0.143. The van der Waals surface area contributed by atoms with Gasteiger partial charge in [-0.2, -0.15) is 0 Å². The van der Waals surface area contributed by atoms with E-state index in [1.165, 1.54) is 17.1 Å². The molecule has 4 N–H and O–H groups in total. The average Bonchev–Trinajstić information content (AvgIpc) is 3.66. The van der Waals surface area contributed by atoms with Gasteiger partial charge in [0.2, 0.25) is 11.8 Å². The molecule has 13 nitrogen and oxygen atoms in total. The normalized spacial score (nSPS) is 23.8. The highest BCUT2D eigenvalue weighted by atomic mass is 16.8. The minimum atomic E-state index is -1.04. The van der Waals surface area contributed by atoms with Gasteiger partial charge in [0.25, 0.3) is 17.7 Å². The Labute approximate surface area is 231 Å². The molecule has 2 unspecified atom stereocenters. The van der Waals surface area contributed by atoms with Crippen LogP contribution in [0.2, 0.25) is 0 Å². The summed E-state index contributed by atoms with van der Waals surface area (Å²) in [6.45, 7) is 3.34. The van der Waals surface area contributed by atoms with Crippen LogP contribution in [-0.2, 0) is 39.9 Å². The van der Waals surface area contributed by atoms with E-state index in [0.29, 0.717) is 12.1 Å². The van der Waals surface area contributed by atoms with Gasteiger partial charge < -0.3 is 25.2 Å². The first-order chi connectivity index (χ1) is 19.1. The summed E-state index contributed by atoms with van der Waals surface area (Å²) in [7, 11) is 1.55. The van der Waals surface area contributed by atoms with Gasteiger partial charge in [0, 0.05) is 32.2 Å². The van der Waals surface area contributed by atoms with Gasteiger partial charge in [0.1, 0.15) is 30.5 Å². The zero-order chi connectivity index (χ0) is 29.0.